The molecule has 23 heteroatoms. The SMILES string of the molecule is COc1nn(CCOCCOCCOCCOCCOCCOCCNC(=O)OCC[Si](C)(C)C)cc1Nc1nc(N2CC(NC(=O)OC(C)(C)C)[C@H](F)C2)nc2c1ncn2C. The van der Waals surface area contributed by atoms with Crippen molar-refractivity contribution in [2.45, 2.75) is 70.8 Å². The number of rotatable bonds is 29. The van der Waals surface area contributed by atoms with Gasteiger partial charge in [-0.25, -0.2) is 19.0 Å². The van der Waals surface area contributed by atoms with E-state index in [-0.39, 0.29) is 19.0 Å². The number of hydrogen-bond donors (Lipinski definition) is 3. The van der Waals surface area contributed by atoms with Gasteiger partial charge in [-0.15, -0.1) is 5.10 Å². The van der Waals surface area contributed by atoms with E-state index in [1.54, 1.807) is 54.5 Å². The minimum atomic E-state index is -1.36. The number of anilines is 3. The van der Waals surface area contributed by atoms with Crippen LogP contribution in [0.1, 0.15) is 20.8 Å². The van der Waals surface area contributed by atoms with Crippen LogP contribution in [-0.2, 0) is 51.5 Å². The van der Waals surface area contributed by atoms with Gasteiger partial charge in [0.05, 0.1) is 125 Å². The lowest BCUT2D eigenvalue weighted by atomic mass is 10.2. The predicted molar refractivity (Wildman–Crippen MR) is 231 cm³/mol. The van der Waals surface area contributed by atoms with E-state index in [1.807, 2.05) is 0 Å². The lowest BCUT2D eigenvalue weighted by molar-refractivity contribution is -0.0169. The van der Waals surface area contributed by atoms with Crippen molar-refractivity contribution in [2.75, 3.05) is 123 Å². The number of fused-ring (bicyclic) bond motifs is 1. The van der Waals surface area contributed by atoms with Crippen LogP contribution >= 0.6 is 0 Å². The van der Waals surface area contributed by atoms with E-state index in [4.69, 9.17) is 47.6 Å². The van der Waals surface area contributed by atoms with Crippen molar-refractivity contribution in [2.24, 2.45) is 7.05 Å². The van der Waals surface area contributed by atoms with Crippen molar-refractivity contribution in [3.05, 3.63) is 12.5 Å². The van der Waals surface area contributed by atoms with Crippen LogP contribution in [0.15, 0.2) is 12.5 Å². The predicted octanol–water partition coefficient (Wildman–Crippen LogP) is 3.53. The first-order valence-electron chi connectivity index (χ1n) is 20.9. The van der Waals surface area contributed by atoms with E-state index in [1.165, 1.54) is 7.11 Å². The highest BCUT2D eigenvalue weighted by atomic mass is 28.3. The van der Waals surface area contributed by atoms with Crippen LogP contribution in [-0.4, -0.2) is 180 Å². The van der Waals surface area contributed by atoms with E-state index in [9.17, 15) is 9.59 Å². The summed E-state index contributed by atoms with van der Waals surface area (Å²) in [5, 5.41) is 13.1. The van der Waals surface area contributed by atoms with Gasteiger partial charge in [-0.3, -0.25) is 4.68 Å². The summed E-state index contributed by atoms with van der Waals surface area (Å²) < 4.78 is 67.9. The van der Waals surface area contributed by atoms with Crippen LogP contribution in [0.5, 0.6) is 5.88 Å². The van der Waals surface area contributed by atoms with Gasteiger partial charge >= 0.3 is 12.2 Å². The smallest absolute Gasteiger partial charge is 0.408 e. The Kier molecular flexibility index (Phi) is 20.8. The Morgan fingerprint density at radius 2 is 1.44 bits per heavy atom. The molecule has 62 heavy (non-hydrogen) atoms. The molecule has 0 aromatic carbocycles. The second kappa shape index (κ2) is 25.7. The van der Waals surface area contributed by atoms with Gasteiger partial charge in [-0.2, -0.15) is 9.97 Å². The van der Waals surface area contributed by atoms with Gasteiger partial charge in [-0.1, -0.05) is 19.6 Å². The molecule has 0 spiro atoms. The largest absolute Gasteiger partial charge is 0.478 e. The Bertz CT molecular complexity index is 1790. The molecule has 3 aromatic heterocycles. The number of nitrogens with zero attached hydrogens (tertiary/aromatic N) is 7. The first-order chi connectivity index (χ1) is 29.6. The summed E-state index contributed by atoms with van der Waals surface area (Å²) in [6.07, 6.45) is 0.937. The minimum Gasteiger partial charge on any atom is -0.478 e. The van der Waals surface area contributed by atoms with Gasteiger partial charge in [0.25, 0.3) is 5.88 Å². The van der Waals surface area contributed by atoms with Gasteiger partial charge in [-0.05, 0) is 26.8 Å². The summed E-state index contributed by atoms with van der Waals surface area (Å²) in [4.78, 5) is 39.5. The van der Waals surface area contributed by atoms with Gasteiger partial charge in [0.2, 0.25) is 5.95 Å². The number of nitrogens with one attached hydrogen (secondary N) is 3. The molecular weight excluding hydrogens is 832 g/mol. The zero-order valence-electron chi connectivity index (χ0n) is 37.5. The average Bonchev–Trinajstić information content (AvgIpc) is 3.89. The van der Waals surface area contributed by atoms with Crippen LogP contribution in [0.4, 0.5) is 31.4 Å². The molecule has 0 bridgehead atoms. The number of carbonyl (C=O) groups excluding carboxylic acids is 2. The van der Waals surface area contributed by atoms with E-state index in [0.717, 1.165) is 6.04 Å². The normalized spacial score (nSPS) is 15.6. The maximum atomic E-state index is 15.1. The van der Waals surface area contributed by atoms with Gasteiger partial charge in [0.15, 0.2) is 17.0 Å². The summed E-state index contributed by atoms with van der Waals surface area (Å²) in [5.41, 5.74) is 0.866. The van der Waals surface area contributed by atoms with E-state index in [2.05, 4.69) is 50.7 Å². The fourth-order valence-corrected chi connectivity index (χ4v) is 6.43. The third-order valence-corrected chi connectivity index (χ3v) is 10.6. The standard InChI is InChI=1S/C39H67FN10O11Si/c1-39(2,3)61-38(52)44-30-26-49(25-29(30)40)36-45-33(32-34(46-36)48(4)28-42-32)43-31-27-50(47-35(31)53-5)10-12-55-14-16-57-18-20-59-22-21-58-19-17-56-15-13-54-11-9-41-37(51)60-23-24-62(6,7)8/h27-30H,9-26H2,1-8H3,(H,41,51)(H,44,52)(H,43,45,46)/t29-,30?/m1/s1. The van der Waals surface area contributed by atoms with Crippen LogP contribution < -0.4 is 25.6 Å². The van der Waals surface area contributed by atoms with Crippen molar-refractivity contribution in [1.29, 1.82) is 0 Å². The Balaban J connectivity index is 1.03. The van der Waals surface area contributed by atoms with Crippen molar-refractivity contribution in [3.63, 3.8) is 0 Å². The number of imidazole rings is 1. The summed E-state index contributed by atoms with van der Waals surface area (Å²) in [6, 6.07) is 0.142. The van der Waals surface area contributed by atoms with Crippen LogP contribution in [0.2, 0.25) is 25.7 Å². The highest BCUT2D eigenvalue weighted by Gasteiger charge is 2.37. The van der Waals surface area contributed by atoms with Crippen LogP contribution in [0.25, 0.3) is 11.2 Å². The molecule has 1 saturated heterocycles. The Labute approximate surface area is 363 Å². The number of alkyl carbamates (subject to hydrolysis) is 2. The van der Waals surface area contributed by atoms with Gasteiger partial charge < -0.3 is 68.0 Å². The second-order valence-corrected chi connectivity index (χ2v) is 22.2. The quantitative estimate of drug-likeness (QED) is 0.0671. The number of aryl methyl sites for hydroxylation is 1. The number of amides is 2. The molecule has 350 valence electrons. The van der Waals surface area contributed by atoms with Crippen molar-refractivity contribution in [3.8, 4) is 5.88 Å². The Hall–Kier alpha value is -4.39. The first kappa shape index (κ1) is 50.3. The molecule has 4 rings (SSSR count). The van der Waals surface area contributed by atoms with E-state index >= 15 is 4.39 Å². The molecule has 1 aliphatic heterocycles. The van der Waals surface area contributed by atoms with Crippen molar-refractivity contribution in [1.82, 2.24) is 39.9 Å². The molecule has 0 radical (unpaired) electrons. The Morgan fingerprint density at radius 3 is 2.02 bits per heavy atom. The average molecular weight is 899 g/mol. The highest BCUT2D eigenvalue weighted by Crippen LogP contribution is 2.31. The first-order valence-corrected chi connectivity index (χ1v) is 24.7. The van der Waals surface area contributed by atoms with Crippen LogP contribution in [0, 0.1) is 0 Å². The number of methoxy groups -OCH3 is 1. The molecular formula is C39H67FN10O11Si. The molecule has 4 heterocycles. The van der Waals surface area contributed by atoms with E-state index in [0.29, 0.717) is 128 Å². The number of aromatic nitrogens is 6. The minimum absolute atomic E-state index is 0.0166. The van der Waals surface area contributed by atoms with Gasteiger partial charge in [0, 0.05) is 28.2 Å². The second-order valence-electron chi connectivity index (χ2n) is 16.6. The zero-order valence-corrected chi connectivity index (χ0v) is 38.5. The summed E-state index contributed by atoms with van der Waals surface area (Å²) in [5.74, 6) is 0.986. The van der Waals surface area contributed by atoms with E-state index < -0.39 is 38.1 Å². The highest BCUT2D eigenvalue weighted by molar-refractivity contribution is 6.76. The van der Waals surface area contributed by atoms with Crippen molar-refractivity contribution >= 4 is 48.9 Å². The fourth-order valence-electron chi connectivity index (χ4n) is 5.71. The number of alkyl halides is 1. The third kappa shape index (κ3) is 18.5. The lowest BCUT2D eigenvalue weighted by Crippen LogP contribution is -2.44. The number of carbonyl (C=O) groups is 2. The zero-order chi connectivity index (χ0) is 45.0. The molecule has 0 aliphatic carbocycles. The maximum absolute atomic E-state index is 15.1. The van der Waals surface area contributed by atoms with Crippen molar-refractivity contribution < 1.29 is 56.6 Å². The molecule has 1 aliphatic rings. The fraction of sp³-hybridized carbons (Fsp3) is 0.744. The number of hydrogen-bond acceptors (Lipinski definition) is 17. The maximum Gasteiger partial charge on any atom is 0.408 e. The summed E-state index contributed by atoms with van der Waals surface area (Å²) in [6.45, 7) is 18.5. The molecule has 1 unspecified atom stereocenters. The molecule has 3 aromatic rings. The molecule has 2 atom stereocenters. The van der Waals surface area contributed by atoms with Gasteiger partial charge in [0.1, 0.15) is 17.5 Å². The molecule has 21 nitrogen and oxygen atoms in total. The lowest BCUT2D eigenvalue weighted by Gasteiger charge is -2.22. The molecule has 0 saturated carbocycles. The Morgan fingerprint density at radius 1 is 0.839 bits per heavy atom. The number of halogens is 1. The molecule has 2 amide bonds. The monoisotopic (exact) mass is 898 g/mol. The topological polar surface area (TPSA) is 218 Å². The molecule has 1 fully saturated rings. The molecule has 3 N–H and O–H groups in total. The third-order valence-electron chi connectivity index (χ3n) is 8.88. The van der Waals surface area contributed by atoms with Crippen LogP contribution in [0.3, 0.4) is 0 Å². The summed E-state index contributed by atoms with van der Waals surface area (Å²) in [7, 11) is 2.11. The summed E-state index contributed by atoms with van der Waals surface area (Å²) >= 11 is 0. The number of ether oxygens (including phenoxy) is 9.